The van der Waals surface area contributed by atoms with Gasteiger partial charge in [-0.2, -0.15) is 13.2 Å². The molecule has 1 unspecified atom stereocenters. The molecular formula is C17H23F3N2O4. The number of carboxylic acids is 2. The maximum atomic E-state index is 12.8. The van der Waals surface area contributed by atoms with Crippen molar-refractivity contribution in [2.24, 2.45) is 17.1 Å². The first-order valence-corrected chi connectivity index (χ1v) is 7.83. The van der Waals surface area contributed by atoms with E-state index in [0.717, 1.165) is 12.1 Å². The van der Waals surface area contributed by atoms with Gasteiger partial charge in [-0.3, -0.25) is 10.1 Å². The van der Waals surface area contributed by atoms with Gasteiger partial charge in [0, 0.05) is 13.0 Å². The van der Waals surface area contributed by atoms with Crippen molar-refractivity contribution < 1.29 is 33.0 Å². The second-order valence-electron chi connectivity index (χ2n) is 7.29. The van der Waals surface area contributed by atoms with Crippen LogP contribution in [0, 0.1) is 11.3 Å². The summed E-state index contributed by atoms with van der Waals surface area (Å²) < 4.78 is 38.3. The number of hydrogen-bond acceptors (Lipinski definition) is 4. The van der Waals surface area contributed by atoms with Crippen molar-refractivity contribution in [2.45, 2.75) is 45.6 Å². The first-order chi connectivity index (χ1) is 11.7. The van der Waals surface area contributed by atoms with Gasteiger partial charge >= 0.3 is 18.1 Å². The van der Waals surface area contributed by atoms with E-state index in [9.17, 15) is 33.0 Å². The highest BCUT2D eigenvalue weighted by Crippen LogP contribution is 2.32. The summed E-state index contributed by atoms with van der Waals surface area (Å²) in [5.41, 5.74) is 2.30. The number of carbonyl (C=O) groups is 2. The fraction of sp³-hybridized carbons (Fsp3) is 0.529. The van der Waals surface area contributed by atoms with Gasteiger partial charge in [0.2, 0.25) is 0 Å². The number of carboxylic acid groups (broad SMARTS) is 2. The molecule has 0 bridgehead atoms. The molecule has 5 N–H and O–H groups in total. The smallest absolute Gasteiger partial charge is 0.416 e. The third kappa shape index (κ3) is 5.70. The maximum absolute atomic E-state index is 12.8. The number of hydrogen-bond donors (Lipinski definition) is 4. The van der Waals surface area contributed by atoms with Crippen molar-refractivity contribution in [1.82, 2.24) is 5.32 Å². The Hall–Kier alpha value is -2.13. The van der Waals surface area contributed by atoms with E-state index in [0.29, 0.717) is 0 Å². The van der Waals surface area contributed by atoms with Crippen LogP contribution in [0.25, 0.3) is 0 Å². The topological polar surface area (TPSA) is 113 Å². The highest BCUT2D eigenvalue weighted by atomic mass is 19.4. The molecule has 0 aliphatic rings. The molecule has 1 aromatic carbocycles. The lowest BCUT2D eigenvalue weighted by Gasteiger charge is -2.34. The van der Waals surface area contributed by atoms with E-state index in [1.54, 1.807) is 20.8 Å². The van der Waals surface area contributed by atoms with Crippen molar-refractivity contribution >= 4 is 11.9 Å². The molecule has 0 aliphatic carbocycles. The number of rotatable bonds is 7. The fourth-order valence-corrected chi connectivity index (χ4v) is 2.44. The predicted molar refractivity (Wildman–Crippen MR) is 88.0 cm³/mol. The van der Waals surface area contributed by atoms with Gasteiger partial charge in [-0.05, 0) is 17.0 Å². The Kier molecular flexibility index (Phi) is 6.43. The molecule has 0 radical (unpaired) electrons. The molecular weight excluding hydrogens is 353 g/mol. The lowest BCUT2D eigenvalue weighted by Crippen LogP contribution is -2.61. The average molecular weight is 376 g/mol. The van der Waals surface area contributed by atoms with E-state index in [4.69, 9.17) is 5.73 Å². The highest BCUT2D eigenvalue weighted by molar-refractivity contribution is 5.80. The zero-order valence-corrected chi connectivity index (χ0v) is 14.7. The van der Waals surface area contributed by atoms with Crippen molar-refractivity contribution in [2.75, 3.05) is 0 Å². The number of alkyl halides is 3. The monoisotopic (exact) mass is 376 g/mol. The number of halogens is 3. The van der Waals surface area contributed by atoms with E-state index < -0.39 is 47.1 Å². The molecule has 0 heterocycles. The second kappa shape index (κ2) is 7.63. The van der Waals surface area contributed by atoms with E-state index in [2.05, 4.69) is 5.32 Å². The van der Waals surface area contributed by atoms with Crippen LogP contribution in [0.5, 0.6) is 0 Å². The van der Waals surface area contributed by atoms with Crippen molar-refractivity contribution in [3.63, 3.8) is 0 Å². The molecule has 2 atom stereocenters. The Morgan fingerprint density at radius 3 is 2.19 bits per heavy atom. The van der Waals surface area contributed by atoms with E-state index in [1.807, 2.05) is 0 Å². The van der Waals surface area contributed by atoms with Crippen LogP contribution < -0.4 is 11.1 Å². The Labute approximate surface area is 149 Å². The van der Waals surface area contributed by atoms with Gasteiger partial charge in [0.25, 0.3) is 0 Å². The van der Waals surface area contributed by atoms with Gasteiger partial charge in [-0.15, -0.1) is 0 Å². The summed E-state index contributed by atoms with van der Waals surface area (Å²) in [4.78, 5) is 23.1. The molecule has 26 heavy (non-hydrogen) atoms. The normalized spacial score (nSPS) is 16.0. The van der Waals surface area contributed by atoms with Crippen LogP contribution >= 0.6 is 0 Å². The van der Waals surface area contributed by atoms with E-state index in [-0.39, 0.29) is 12.1 Å². The van der Waals surface area contributed by atoms with E-state index >= 15 is 0 Å². The van der Waals surface area contributed by atoms with Crippen molar-refractivity contribution in [1.29, 1.82) is 0 Å². The van der Waals surface area contributed by atoms with Gasteiger partial charge in [-0.1, -0.05) is 39.0 Å². The minimum atomic E-state index is -4.52. The van der Waals surface area contributed by atoms with E-state index in [1.165, 1.54) is 12.1 Å². The molecule has 0 saturated heterocycles. The van der Waals surface area contributed by atoms with Crippen molar-refractivity contribution in [3.8, 4) is 0 Å². The molecule has 9 heteroatoms. The first-order valence-electron chi connectivity index (χ1n) is 7.83. The third-order valence-electron chi connectivity index (χ3n) is 4.11. The lowest BCUT2D eigenvalue weighted by atomic mass is 9.75. The maximum Gasteiger partial charge on any atom is 0.416 e. The fourth-order valence-electron chi connectivity index (χ4n) is 2.44. The van der Waals surface area contributed by atoms with Gasteiger partial charge in [-0.25, -0.2) is 4.79 Å². The Balaban J connectivity index is 3.01. The molecule has 6 nitrogen and oxygen atoms in total. The van der Waals surface area contributed by atoms with Crippen LogP contribution in [0.4, 0.5) is 13.2 Å². The number of nitrogens with two attached hydrogens (primary N) is 1. The molecule has 0 saturated carbocycles. The molecule has 0 spiro atoms. The van der Waals surface area contributed by atoms with Crippen LogP contribution in [-0.4, -0.2) is 27.8 Å². The quantitative estimate of drug-likeness (QED) is 0.544. The molecule has 0 fully saturated rings. The Bertz CT molecular complexity index is 671. The van der Waals surface area contributed by atoms with Gasteiger partial charge in [0.05, 0.1) is 11.5 Å². The molecule has 146 valence electrons. The molecule has 0 aliphatic heterocycles. The summed E-state index contributed by atoms with van der Waals surface area (Å²) in [5, 5.41) is 21.3. The molecule has 0 amide bonds. The van der Waals surface area contributed by atoms with Gasteiger partial charge < -0.3 is 15.9 Å². The molecule has 1 rings (SSSR count). The number of benzene rings is 1. The molecule has 0 aromatic heterocycles. The number of nitrogens with one attached hydrogen (secondary N) is 1. The van der Waals surface area contributed by atoms with Crippen LogP contribution in [-0.2, 0) is 22.3 Å². The van der Waals surface area contributed by atoms with Crippen LogP contribution in [0.1, 0.15) is 38.3 Å². The minimum Gasteiger partial charge on any atom is -0.481 e. The predicted octanol–water partition coefficient (Wildman–Crippen LogP) is 2.67. The van der Waals surface area contributed by atoms with Crippen molar-refractivity contribution in [3.05, 3.63) is 35.4 Å². The number of aliphatic carboxylic acids is 2. The minimum absolute atomic E-state index is 0.179. The summed E-state index contributed by atoms with van der Waals surface area (Å²) >= 11 is 0. The molecule has 1 aromatic rings. The third-order valence-corrected chi connectivity index (χ3v) is 4.11. The highest BCUT2D eigenvalue weighted by Gasteiger charge is 2.43. The summed E-state index contributed by atoms with van der Waals surface area (Å²) in [5.74, 6) is -3.76. The van der Waals surface area contributed by atoms with Crippen LogP contribution in [0.15, 0.2) is 24.3 Å². The summed E-state index contributed by atoms with van der Waals surface area (Å²) in [6, 6.07) is 4.38. The summed E-state index contributed by atoms with van der Waals surface area (Å²) in [6.07, 6.45) is -4.95. The van der Waals surface area contributed by atoms with Gasteiger partial charge in [0.15, 0.2) is 5.66 Å². The first kappa shape index (κ1) is 21.9. The van der Waals surface area contributed by atoms with Gasteiger partial charge in [0.1, 0.15) is 0 Å². The Morgan fingerprint density at radius 2 is 1.77 bits per heavy atom. The average Bonchev–Trinajstić information content (AvgIpc) is 2.48. The SMILES string of the molecule is CC(C)(C)C(C[C@@](N)(NCc1cccc(C(F)(F)F)c1)C(=O)O)C(=O)O. The largest absolute Gasteiger partial charge is 0.481 e. The zero-order chi connectivity index (χ0) is 20.3. The summed E-state index contributed by atoms with van der Waals surface area (Å²) in [6.45, 7) is 4.66. The zero-order valence-electron chi connectivity index (χ0n) is 14.7. The Morgan fingerprint density at radius 1 is 1.19 bits per heavy atom. The summed E-state index contributed by atoms with van der Waals surface area (Å²) in [7, 11) is 0. The standard InChI is InChI=1S/C17H23F3N2O4/c1-15(2,3)12(13(23)24)8-16(21,14(25)26)22-9-10-5-4-6-11(7-10)17(18,19)20/h4-7,12,22H,8-9,21H2,1-3H3,(H,23,24)(H,25,26)/t12?,16-/m1/s1. The van der Waals surface area contributed by atoms with Crippen LogP contribution in [0.3, 0.4) is 0 Å². The second-order valence-corrected chi connectivity index (χ2v) is 7.29. The lowest BCUT2D eigenvalue weighted by molar-refractivity contribution is -0.151. The van der Waals surface area contributed by atoms with Crippen LogP contribution in [0.2, 0.25) is 0 Å².